The number of nitrogens with one attached hydrogen (secondary N) is 1. The number of hydrogen-bond donors (Lipinski definition) is 3. The molecule has 2 aromatic rings. The van der Waals surface area contributed by atoms with Crippen molar-refractivity contribution < 1.29 is 46.5 Å². The van der Waals surface area contributed by atoms with Crippen LogP contribution < -0.4 is 14.4 Å². The Morgan fingerprint density at radius 1 is 1.10 bits per heavy atom. The smallest absolute Gasteiger partial charge is 0.304 e. The molecule has 59 heavy (non-hydrogen) atoms. The number of likely N-dealkylation sites (tertiary alicyclic amines) is 1. The average molecular weight is 862 g/mol. The van der Waals surface area contributed by atoms with E-state index >= 15 is 0 Å². The Morgan fingerprint density at radius 2 is 1.88 bits per heavy atom. The van der Waals surface area contributed by atoms with Crippen LogP contribution in [0.4, 0.5) is 14.5 Å². The number of aliphatic hydroxyl groups is 2. The number of alkyl halides is 2. The molecule has 0 radical (unpaired) electrons. The molecule has 2 aromatic carbocycles. The molecule has 2 saturated heterocycles. The minimum absolute atomic E-state index is 0.0230. The van der Waals surface area contributed by atoms with Crippen molar-refractivity contribution in [3.05, 3.63) is 70.3 Å². The minimum Gasteiger partial charge on any atom is -0.490 e. The van der Waals surface area contributed by atoms with Crippen LogP contribution in [-0.2, 0) is 42.0 Å². The highest BCUT2D eigenvalue weighted by Crippen LogP contribution is 2.53. The highest BCUT2D eigenvalue weighted by Gasteiger charge is 2.51. The molecular weight excluding hydrogens is 808 g/mol. The summed E-state index contributed by atoms with van der Waals surface area (Å²) in [6.07, 6.45) is 6.81. The van der Waals surface area contributed by atoms with Gasteiger partial charge in [0.05, 0.1) is 50.6 Å². The Labute approximate surface area is 349 Å². The third-order valence-electron chi connectivity index (χ3n) is 13.6. The van der Waals surface area contributed by atoms with Crippen molar-refractivity contribution in [1.29, 1.82) is 0 Å². The monoisotopic (exact) mass is 861 g/mol. The summed E-state index contributed by atoms with van der Waals surface area (Å²) in [7, 11) is -2.90. The Hall–Kier alpha value is -3.38. The second-order valence-corrected chi connectivity index (χ2v) is 20.0. The molecule has 4 heterocycles. The summed E-state index contributed by atoms with van der Waals surface area (Å²) in [5, 5.41) is 22.9. The van der Waals surface area contributed by atoms with Gasteiger partial charge < -0.3 is 29.5 Å². The number of aliphatic hydroxyl groups excluding tert-OH is 1. The summed E-state index contributed by atoms with van der Waals surface area (Å²) in [6.45, 7) is 3.58. The Kier molecular flexibility index (Phi) is 11.3. The van der Waals surface area contributed by atoms with Crippen LogP contribution in [0.3, 0.4) is 0 Å². The first-order chi connectivity index (χ1) is 27.9. The Morgan fingerprint density at radius 3 is 2.59 bits per heavy atom. The van der Waals surface area contributed by atoms with Gasteiger partial charge in [0.25, 0.3) is 11.8 Å². The second-order valence-electron chi connectivity index (χ2n) is 17.9. The van der Waals surface area contributed by atoms with Crippen molar-refractivity contribution in [3.8, 4) is 5.75 Å². The highest BCUT2D eigenvalue weighted by atomic mass is 35.5. The van der Waals surface area contributed by atoms with E-state index in [4.69, 9.17) is 21.1 Å². The van der Waals surface area contributed by atoms with Gasteiger partial charge in [-0.1, -0.05) is 42.8 Å². The molecule has 1 saturated carbocycles. The van der Waals surface area contributed by atoms with Crippen LogP contribution in [0, 0.1) is 11.3 Å². The number of amides is 2. The van der Waals surface area contributed by atoms with Gasteiger partial charge in [-0.2, -0.15) is 12.7 Å². The molecule has 13 nitrogen and oxygen atoms in total. The highest BCUT2D eigenvalue weighted by molar-refractivity contribution is 7.87. The second kappa shape index (κ2) is 15.8. The zero-order valence-electron chi connectivity index (χ0n) is 33.5. The van der Waals surface area contributed by atoms with E-state index in [0.29, 0.717) is 49.1 Å². The number of rotatable bonds is 7. The number of benzene rings is 2. The molecule has 2 aliphatic carbocycles. The maximum atomic E-state index is 14.1. The molecule has 2 amide bonds. The van der Waals surface area contributed by atoms with E-state index in [1.54, 1.807) is 24.1 Å². The van der Waals surface area contributed by atoms with Gasteiger partial charge in [-0.05, 0) is 90.8 Å². The number of ether oxygens (including phenoxy) is 2. The number of halogens is 3. The third-order valence-corrected chi connectivity index (χ3v) is 15.2. The van der Waals surface area contributed by atoms with Crippen molar-refractivity contribution in [2.75, 3.05) is 77.5 Å². The predicted octanol–water partition coefficient (Wildman–Crippen LogP) is 3.60. The van der Waals surface area contributed by atoms with E-state index in [1.165, 1.54) is 11.0 Å². The fraction of sp³-hybridized carbons (Fsp3) is 0.619. The summed E-state index contributed by atoms with van der Waals surface area (Å²) in [6, 6.07) is 10.8. The zero-order valence-corrected chi connectivity index (χ0v) is 35.1. The summed E-state index contributed by atoms with van der Waals surface area (Å²) in [5.74, 6) is -3.97. The topological polar surface area (TPSA) is 152 Å². The molecule has 17 heteroatoms. The van der Waals surface area contributed by atoms with Gasteiger partial charge in [0.15, 0.2) is 5.60 Å². The average Bonchev–Trinajstić information content (AvgIpc) is 3.29. The molecule has 3 N–H and O–H groups in total. The number of fused-ring (bicyclic) bond motifs is 4. The maximum absolute atomic E-state index is 14.1. The van der Waals surface area contributed by atoms with E-state index in [-0.39, 0.29) is 62.3 Å². The molecule has 3 fully saturated rings. The van der Waals surface area contributed by atoms with Crippen LogP contribution in [0.1, 0.15) is 62.1 Å². The fourth-order valence-corrected chi connectivity index (χ4v) is 11.4. The zero-order chi connectivity index (χ0) is 42.0. The van der Waals surface area contributed by atoms with E-state index in [9.17, 15) is 37.0 Å². The molecular formula is C42H54ClF2N5O8S. The summed E-state index contributed by atoms with van der Waals surface area (Å²) < 4.78 is 69.8. The predicted molar refractivity (Wildman–Crippen MR) is 217 cm³/mol. The van der Waals surface area contributed by atoms with Crippen molar-refractivity contribution >= 4 is 39.3 Å². The Bertz CT molecular complexity index is 2100. The third kappa shape index (κ3) is 8.35. The van der Waals surface area contributed by atoms with Crippen molar-refractivity contribution in [1.82, 2.24) is 18.8 Å². The molecule has 8 rings (SSSR count). The van der Waals surface area contributed by atoms with Crippen LogP contribution in [0.2, 0.25) is 5.02 Å². The van der Waals surface area contributed by atoms with Gasteiger partial charge in [-0.15, -0.1) is 0 Å². The van der Waals surface area contributed by atoms with Crippen molar-refractivity contribution in [3.63, 3.8) is 0 Å². The standard InChI is InChI=1S/C42H54ClF2N5O8S/c1-39-14-12-33(39)35(57-17-16-48-25-41(44,45)26-48)7-3-4-15-47(2)37(52)20-42(54,38(53)46-59(55,56)50-21-31(51)22-50)29-8-11-36-34(19-29)49(23-39)24-40(27-58-36)13-5-6-28-18-30(43)9-10-32(28)40/h3,7-11,18-19,31,33,35,51,54H,4-6,12-17,20-27H2,1-2H3,(H,46,53)/b7-3+/t33-,35-,39?,40-,42+/m0/s1. The van der Waals surface area contributed by atoms with E-state index in [0.717, 1.165) is 47.5 Å². The van der Waals surface area contributed by atoms with Crippen LogP contribution in [-0.4, -0.2) is 135 Å². The lowest BCUT2D eigenvalue weighted by molar-refractivity contribution is -0.148. The maximum Gasteiger partial charge on any atom is 0.304 e. The lowest BCUT2D eigenvalue weighted by Crippen LogP contribution is -2.60. The lowest BCUT2D eigenvalue weighted by atomic mass is 9.58. The van der Waals surface area contributed by atoms with Crippen LogP contribution in [0.5, 0.6) is 5.75 Å². The van der Waals surface area contributed by atoms with Gasteiger partial charge in [-0.25, -0.2) is 13.5 Å². The molecule has 0 aromatic heterocycles. The van der Waals surface area contributed by atoms with Gasteiger partial charge in [0, 0.05) is 56.8 Å². The first kappa shape index (κ1) is 42.3. The Balaban J connectivity index is 1.18. The lowest BCUT2D eigenvalue weighted by Gasteiger charge is -2.53. The number of anilines is 1. The van der Waals surface area contributed by atoms with E-state index < -0.39 is 51.5 Å². The van der Waals surface area contributed by atoms with Gasteiger partial charge in [0.2, 0.25) is 5.91 Å². The van der Waals surface area contributed by atoms with Crippen LogP contribution in [0.25, 0.3) is 0 Å². The number of aryl methyl sites for hydroxylation is 1. The molecule has 4 aliphatic heterocycles. The molecule has 5 atom stereocenters. The number of nitrogens with zero attached hydrogens (tertiary/aromatic N) is 4. The number of β-amino-alcohol motifs (C(OH)–C–C–N with tert-alkyl or cyclic N) is 1. The molecule has 322 valence electrons. The van der Waals surface area contributed by atoms with Crippen LogP contribution >= 0.6 is 11.6 Å². The fourth-order valence-electron chi connectivity index (χ4n) is 9.91. The van der Waals surface area contributed by atoms with E-state index in [2.05, 4.69) is 17.9 Å². The first-order valence-electron chi connectivity index (χ1n) is 20.6. The molecule has 6 aliphatic rings. The normalized spacial score (nSPS) is 32.1. The van der Waals surface area contributed by atoms with E-state index in [1.807, 2.05) is 29.0 Å². The van der Waals surface area contributed by atoms with Crippen molar-refractivity contribution in [2.45, 2.75) is 81.0 Å². The molecule has 1 spiro atoms. The number of hydrogen-bond acceptors (Lipinski definition) is 10. The van der Waals surface area contributed by atoms with Gasteiger partial charge in [0.1, 0.15) is 5.75 Å². The molecule has 2 bridgehead atoms. The van der Waals surface area contributed by atoms with Gasteiger partial charge in [-0.3, -0.25) is 14.5 Å². The molecule has 1 unspecified atom stereocenters. The first-order valence-corrected chi connectivity index (χ1v) is 22.4. The quantitative estimate of drug-likeness (QED) is 0.353. The number of carbonyl (C=O) groups is 2. The number of carbonyl (C=O) groups excluding carboxylic acids is 2. The summed E-state index contributed by atoms with van der Waals surface area (Å²) >= 11 is 6.49. The van der Waals surface area contributed by atoms with Gasteiger partial charge >= 0.3 is 10.2 Å². The largest absolute Gasteiger partial charge is 0.490 e. The minimum atomic E-state index is -4.45. The SMILES string of the molecule is CN1CC/C=C/[C@H](OCCN2CC(F)(F)C2)[C@@H]2CCC2(C)CN2C[C@@]3(CCCc4cc(Cl)ccc43)COc3ccc(cc32)[C@@](O)(C(=O)NS(=O)(=O)N2CC(O)C2)CC1=O. The summed E-state index contributed by atoms with van der Waals surface area (Å²) in [4.78, 5) is 33.3. The van der Waals surface area contributed by atoms with Crippen LogP contribution in [0.15, 0.2) is 48.6 Å². The van der Waals surface area contributed by atoms with Crippen molar-refractivity contribution in [2.24, 2.45) is 11.3 Å². The summed E-state index contributed by atoms with van der Waals surface area (Å²) in [5.41, 5.74) is -0.454.